The van der Waals surface area contributed by atoms with Crippen LogP contribution >= 0.6 is 34.7 Å². The summed E-state index contributed by atoms with van der Waals surface area (Å²) in [5.74, 6) is 0.399. The standard InChI is InChI=1S/C26H25ClN2O2S2/c27-19-8-6-18(7-9-19)26-22-13-15-32-23(22)12-14-28(26)24(30)16-29(20-10-11-20)25(31)17-33-21-4-2-1-3-5-21/h1-9,13,15,20,26H,10-12,14,16-17H2. The van der Waals surface area contributed by atoms with Crippen LogP contribution in [0.25, 0.3) is 0 Å². The molecule has 7 heteroatoms. The predicted octanol–water partition coefficient (Wildman–Crippen LogP) is 5.66. The average Bonchev–Trinajstić information content (AvgIpc) is 3.57. The maximum Gasteiger partial charge on any atom is 0.243 e. The van der Waals surface area contributed by atoms with E-state index in [0.717, 1.165) is 29.7 Å². The van der Waals surface area contributed by atoms with Gasteiger partial charge in [-0.25, -0.2) is 0 Å². The van der Waals surface area contributed by atoms with E-state index in [4.69, 9.17) is 11.6 Å². The number of halogens is 1. The van der Waals surface area contributed by atoms with Gasteiger partial charge in [0.25, 0.3) is 0 Å². The fourth-order valence-corrected chi connectivity index (χ4v) is 6.21. The minimum Gasteiger partial charge on any atom is -0.330 e. The summed E-state index contributed by atoms with van der Waals surface area (Å²) in [5.41, 5.74) is 2.24. The molecular formula is C26H25ClN2O2S2. The number of hydrogen-bond acceptors (Lipinski definition) is 4. The summed E-state index contributed by atoms with van der Waals surface area (Å²) >= 11 is 9.40. The van der Waals surface area contributed by atoms with Gasteiger partial charge in [-0.1, -0.05) is 41.9 Å². The Balaban J connectivity index is 1.33. The zero-order chi connectivity index (χ0) is 22.8. The summed E-state index contributed by atoms with van der Waals surface area (Å²) < 4.78 is 0. The lowest BCUT2D eigenvalue weighted by atomic mass is 9.93. The molecule has 1 unspecified atom stereocenters. The highest BCUT2D eigenvalue weighted by molar-refractivity contribution is 8.00. The monoisotopic (exact) mass is 496 g/mol. The first-order chi connectivity index (χ1) is 16.1. The van der Waals surface area contributed by atoms with Crippen molar-refractivity contribution >= 4 is 46.5 Å². The van der Waals surface area contributed by atoms with Crippen molar-refractivity contribution < 1.29 is 9.59 Å². The van der Waals surface area contributed by atoms with Crippen molar-refractivity contribution in [3.05, 3.63) is 87.1 Å². The highest BCUT2D eigenvalue weighted by Crippen LogP contribution is 2.38. The molecule has 1 fully saturated rings. The molecule has 2 heterocycles. The maximum absolute atomic E-state index is 13.6. The second-order valence-electron chi connectivity index (χ2n) is 8.44. The highest BCUT2D eigenvalue weighted by atomic mass is 35.5. The van der Waals surface area contributed by atoms with E-state index in [0.29, 0.717) is 17.3 Å². The largest absolute Gasteiger partial charge is 0.330 e. The Hall–Kier alpha value is -2.28. The number of amides is 2. The van der Waals surface area contributed by atoms with E-state index >= 15 is 0 Å². The first kappa shape index (κ1) is 22.5. The van der Waals surface area contributed by atoms with Gasteiger partial charge in [0.15, 0.2) is 0 Å². The number of carbonyl (C=O) groups excluding carboxylic acids is 2. The van der Waals surface area contributed by atoms with Gasteiger partial charge in [-0.15, -0.1) is 23.1 Å². The van der Waals surface area contributed by atoms with Crippen LogP contribution in [0.2, 0.25) is 5.02 Å². The van der Waals surface area contributed by atoms with Gasteiger partial charge in [0.2, 0.25) is 11.8 Å². The van der Waals surface area contributed by atoms with E-state index in [2.05, 4.69) is 11.4 Å². The van der Waals surface area contributed by atoms with E-state index in [1.165, 1.54) is 22.2 Å². The number of rotatable bonds is 7. The molecule has 5 rings (SSSR count). The molecule has 3 aromatic rings. The maximum atomic E-state index is 13.6. The van der Waals surface area contributed by atoms with Crippen molar-refractivity contribution in [1.29, 1.82) is 0 Å². The topological polar surface area (TPSA) is 40.6 Å². The summed E-state index contributed by atoms with van der Waals surface area (Å²) in [5, 5.41) is 2.78. The van der Waals surface area contributed by atoms with Crippen molar-refractivity contribution in [1.82, 2.24) is 9.80 Å². The molecule has 1 aromatic heterocycles. The van der Waals surface area contributed by atoms with Crippen LogP contribution in [0.15, 0.2) is 70.9 Å². The fourth-order valence-electron chi connectivity index (χ4n) is 4.38. The van der Waals surface area contributed by atoms with Crippen molar-refractivity contribution in [2.75, 3.05) is 18.8 Å². The minimum absolute atomic E-state index is 0.0109. The SMILES string of the molecule is O=C(CSc1ccccc1)N(CC(=O)N1CCc2sccc2C1c1ccc(Cl)cc1)C1CC1. The number of carbonyl (C=O) groups is 2. The van der Waals surface area contributed by atoms with Crippen LogP contribution in [0.5, 0.6) is 0 Å². The van der Waals surface area contributed by atoms with Gasteiger partial charge in [0, 0.05) is 27.4 Å². The zero-order valence-corrected chi connectivity index (χ0v) is 20.5. The molecule has 2 aliphatic rings. The summed E-state index contributed by atoms with van der Waals surface area (Å²) in [6.45, 7) is 0.799. The molecule has 0 spiro atoms. The molecule has 1 saturated carbocycles. The Morgan fingerprint density at radius 1 is 1.06 bits per heavy atom. The molecule has 0 bridgehead atoms. The number of fused-ring (bicyclic) bond motifs is 1. The smallest absolute Gasteiger partial charge is 0.243 e. The Bertz CT molecular complexity index is 1130. The number of thioether (sulfide) groups is 1. The van der Waals surface area contributed by atoms with Gasteiger partial charge in [0.1, 0.15) is 6.54 Å². The lowest BCUT2D eigenvalue weighted by Crippen LogP contribution is -2.47. The molecule has 2 amide bonds. The molecule has 33 heavy (non-hydrogen) atoms. The molecule has 170 valence electrons. The van der Waals surface area contributed by atoms with Crippen molar-refractivity contribution in [2.24, 2.45) is 0 Å². The van der Waals surface area contributed by atoms with Crippen LogP contribution in [0.3, 0.4) is 0 Å². The second-order valence-corrected chi connectivity index (χ2v) is 10.9. The normalized spacial score (nSPS) is 17.5. The first-order valence-electron chi connectivity index (χ1n) is 11.2. The third-order valence-corrected chi connectivity index (χ3v) is 8.44. The van der Waals surface area contributed by atoms with E-state index in [9.17, 15) is 9.59 Å². The quantitative estimate of drug-likeness (QED) is 0.396. The molecule has 0 radical (unpaired) electrons. The summed E-state index contributed by atoms with van der Waals surface area (Å²) in [4.78, 5) is 32.8. The second kappa shape index (κ2) is 9.92. The number of hydrogen-bond donors (Lipinski definition) is 0. The molecule has 1 atom stereocenters. The summed E-state index contributed by atoms with van der Waals surface area (Å²) in [6, 6.07) is 19.9. The van der Waals surface area contributed by atoms with Gasteiger partial charge in [-0.3, -0.25) is 9.59 Å². The van der Waals surface area contributed by atoms with E-state index in [1.54, 1.807) is 16.2 Å². The number of benzene rings is 2. The van der Waals surface area contributed by atoms with Crippen LogP contribution < -0.4 is 0 Å². The van der Waals surface area contributed by atoms with Crippen molar-refractivity contribution in [3.63, 3.8) is 0 Å². The number of nitrogens with zero attached hydrogens (tertiary/aromatic N) is 2. The van der Waals surface area contributed by atoms with Crippen LogP contribution in [0.4, 0.5) is 0 Å². The molecule has 0 N–H and O–H groups in total. The summed E-state index contributed by atoms with van der Waals surface area (Å²) in [7, 11) is 0. The van der Waals surface area contributed by atoms with Gasteiger partial charge >= 0.3 is 0 Å². The van der Waals surface area contributed by atoms with Gasteiger partial charge in [0.05, 0.1) is 11.8 Å². The van der Waals surface area contributed by atoms with Gasteiger partial charge < -0.3 is 9.80 Å². The lowest BCUT2D eigenvalue weighted by Gasteiger charge is -2.37. The Kier molecular flexibility index (Phi) is 6.76. The van der Waals surface area contributed by atoms with Crippen molar-refractivity contribution in [2.45, 2.75) is 36.2 Å². The van der Waals surface area contributed by atoms with Crippen molar-refractivity contribution in [3.8, 4) is 0 Å². The minimum atomic E-state index is -0.139. The van der Waals surface area contributed by atoms with Crippen LogP contribution in [0.1, 0.15) is 34.9 Å². The van der Waals surface area contributed by atoms with Crippen LogP contribution in [-0.2, 0) is 16.0 Å². The Morgan fingerprint density at radius 2 is 1.82 bits per heavy atom. The average molecular weight is 497 g/mol. The summed E-state index contributed by atoms with van der Waals surface area (Å²) in [6.07, 6.45) is 2.80. The molecule has 2 aromatic carbocycles. The Labute approximate surface area is 207 Å². The van der Waals surface area contributed by atoms with Crippen LogP contribution in [0, 0.1) is 0 Å². The third-order valence-electron chi connectivity index (χ3n) is 6.19. The van der Waals surface area contributed by atoms with Gasteiger partial charge in [-0.2, -0.15) is 0 Å². The fraction of sp³-hybridized carbons (Fsp3) is 0.308. The lowest BCUT2D eigenvalue weighted by molar-refractivity contribution is -0.141. The highest BCUT2D eigenvalue weighted by Gasteiger charge is 2.38. The predicted molar refractivity (Wildman–Crippen MR) is 135 cm³/mol. The molecule has 4 nitrogen and oxygen atoms in total. The molecular weight excluding hydrogens is 472 g/mol. The van der Waals surface area contributed by atoms with Crippen LogP contribution in [-0.4, -0.2) is 46.5 Å². The molecule has 1 aliphatic carbocycles. The Morgan fingerprint density at radius 3 is 2.55 bits per heavy atom. The first-order valence-corrected chi connectivity index (χ1v) is 13.4. The number of thiophene rings is 1. The van der Waals surface area contributed by atoms with E-state index in [-0.39, 0.29) is 30.4 Å². The molecule has 0 saturated heterocycles. The third kappa shape index (κ3) is 5.13. The van der Waals surface area contributed by atoms with E-state index < -0.39 is 0 Å². The van der Waals surface area contributed by atoms with E-state index in [1.807, 2.05) is 59.5 Å². The van der Waals surface area contributed by atoms with Gasteiger partial charge in [-0.05, 0) is 66.1 Å². The molecule has 1 aliphatic heterocycles. The zero-order valence-electron chi connectivity index (χ0n) is 18.2.